The van der Waals surface area contributed by atoms with E-state index in [0.29, 0.717) is 9.74 Å². The van der Waals surface area contributed by atoms with Gasteiger partial charge < -0.3 is 11.1 Å². The summed E-state index contributed by atoms with van der Waals surface area (Å²) >= 11 is 7.04. The molecule has 1 fully saturated rings. The van der Waals surface area contributed by atoms with Crippen molar-refractivity contribution < 1.29 is 0 Å². The van der Waals surface area contributed by atoms with Crippen molar-refractivity contribution in [2.75, 3.05) is 17.6 Å². The molecule has 1 aliphatic rings. The van der Waals surface area contributed by atoms with E-state index in [9.17, 15) is 0 Å². The molecule has 0 bridgehead atoms. The van der Waals surface area contributed by atoms with E-state index in [1.54, 1.807) is 6.20 Å². The summed E-state index contributed by atoms with van der Waals surface area (Å²) in [6.45, 7) is 3.20. The van der Waals surface area contributed by atoms with Crippen LogP contribution in [0.3, 0.4) is 0 Å². The molecule has 1 atom stereocenters. The molecule has 0 radical (unpaired) electrons. The number of thiocarbonyl (C=S) groups is 1. The van der Waals surface area contributed by atoms with E-state index < -0.39 is 0 Å². The van der Waals surface area contributed by atoms with Crippen molar-refractivity contribution in [1.29, 1.82) is 0 Å². The molecule has 2 heterocycles. The van der Waals surface area contributed by atoms with Gasteiger partial charge in [0, 0.05) is 17.5 Å². The number of pyridine rings is 1. The SMILES string of the molecule is CC1(CNc2ncccc2C(N)=S)CCCS1. The Morgan fingerprint density at radius 3 is 3.18 bits per heavy atom. The maximum atomic E-state index is 5.68. The van der Waals surface area contributed by atoms with Crippen molar-refractivity contribution in [3.8, 4) is 0 Å². The van der Waals surface area contributed by atoms with Gasteiger partial charge in [0.1, 0.15) is 10.8 Å². The molecule has 17 heavy (non-hydrogen) atoms. The monoisotopic (exact) mass is 267 g/mol. The third-order valence-corrected chi connectivity index (χ3v) is 4.76. The lowest BCUT2D eigenvalue weighted by Gasteiger charge is -2.23. The van der Waals surface area contributed by atoms with Gasteiger partial charge in [0.15, 0.2) is 0 Å². The molecule has 1 saturated heterocycles. The maximum absolute atomic E-state index is 5.68. The molecule has 1 aliphatic heterocycles. The normalized spacial score (nSPS) is 23.6. The minimum Gasteiger partial charge on any atom is -0.389 e. The average Bonchev–Trinajstić information content (AvgIpc) is 2.74. The minimum absolute atomic E-state index is 0.311. The fourth-order valence-corrected chi connectivity index (χ4v) is 3.40. The third-order valence-electron chi connectivity index (χ3n) is 3.00. The highest BCUT2D eigenvalue weighted by molar-refractivity contribution is 8.00. The average molecular weight is 267 g/mol. The molecule has 3 N–H and O–H groups in total. The summed E-state index contributed by atoms with van der Waals surface area (Å²) in [6.07, 6.45) is 4.31. The number of hydrogen-bond donors (Lipinski definition) is 2. The Morgan fingerprint density at radius 2 is 2.53 bits per heavy atom. The van der Waals surface area contributed by atoms with Gasteiger partial charge in [-0.25, -0.2) is 4.98 Å². The van der Waals surface area contributed by atoms with E-state index in [1.165, 1.54) is 18.6 Å². The van der Waals surface area contributed by atoms with Gasteiger partial charge in [-0.2, -0.15) is 11.8 Å². The van der Waals surface area contributed by atoms with Crippen LogP contribution in [-0.2, 0) is 0 Å². The molecule has 5 heteroatoms. The Balaban J connectivity index is 2.06. The van der Waals surface area contributed by atoms with E-state index in [1.807, 2.05) is 23.9 Å². The van der Waals surface area contributed by atoms with Gasteiger partial charge in [0.25, 0.3) is 0 Å². The molecular weight excluding hydrogens is 250 g/mol. The van der Waals surface area contributed by atoms with Crippen molar-refractivity contribution in [1.82, 2.24) is 4.98 Å². The summed E-state index contributed by atoms with van der Waals surface area (Å²) in [5, 5.41) is 3.38. The standard InChI is InChI=1S/C12H17N3S2/c1-12(5-3-7-17-12)8-15-11-9(10(13)16)4-2-6-14-11/h2,4,6H,3,5,7-8H2,1H3,(H2,13,16)(H,14,15). The zero-order valence-electron chi connectivity index (χ0n) is 9.90. The minimum atomic E-state index is 0.311. The van der Waals surface area contributed by atoms with Crippen LogP contribution in [0.15, 0.2) is 18.3 Å². The molecule has 0 amide bonds. The van der Waals surface area contributed by atoms with Crippen LogP contribution in [-0.4, -0.2) is 27.0 Å². The van der Waals surface area contributed by atoms with E-state index in [2.05, 4.69) is 17.2 Å². The summed E-state index contributed by atoms with van der Waals surface area (Å²) in [5.41, 5.74) is 6.51. The van der Waals surface area contributed by atoms with Crippen LogP contribution >= 0.6 is 24.0 Å². The predicted octanol–water partition coefficient (Wildman–Crippen LogP) is 2.41. The number of thioether (sulfide) groups is 1. The van der Waals surface area contributed by atoms with Crippen molar-refractivity contribution in [3.63, 3.8) is 0 Å². The van der Waals surface area contributed by atoms with Crippen molar-refractivity contribution in [3.05, 3.63) is 23.9 Å². The van der Waals surface area contributed by atoms with Crippen LogP contribution in [0.4, 0.5) is 5.82 Å². The van der Waals surface area contributed by atoms with Crippen LogP contribution in [0.25, 0.3) is 0 Å². The second kappa shape index (κ2) is 5.23. The number of nitrogens with two attached hydrogens (primary N) is 1. The molecule has 92 valence electrons. The highest BCUT2D eigenvalue weighted by Gasteiger charge is 2.29. The first kappa shape index (κ1) is 12.6. The van der Waals surface area contributed by atoms with Gasteiger partial charge in [-0.15, -0.1) is 0 Å². The second-order valence-corrected chi connectivity index (χ2v) is 6.64. The van der Waals surface area contributed by atoms with Crippen LogP contribution in [0.5, 0.6) is 0 Å². The van der Waals surface area contributed by atoms with Crippen LogP contribution in [0, 0.1) is 0 Å². The Hall–Kier alpha value is -0.810. The van der Waals surface area contributed by atoms with Crippen molar-refractivity contribution >= 4 is 34.8 Å². The quantitative estimate of drug-likeness (QED) is 0.821. The molecule has 2 rings (SSSR count). The first-order valence-electron chi connectivity index (χ1n) is 5.73. The molecule has 1 unspecified atom stereocenters. The number of nitrogens with zero attached hydrogens (tertiary/aromatic N) is 1. The summed E-state index contributed by atoms with van der Waals surface area (Å²) in [4.78, 5) is 4.70. The maximum Gasteiger partial charge on any atom is 0.136 e. The molecule has 1 aromatic heterocycles. The molecule has 0 spiro atoms. The highest BCUT2D eigenvalue weighted by atomic mass is 32.2. The number of hydrogen-bond acceptors (Lipinski definition) is 4. The van der Waals surface area contributed by atoms with Crippen molar-refractivity contribution in [2.45, 2.75) is 24.5 Å². The molecule has 0 aromatic carbocycles. The summed E-state index contributed by atoms with van der Waals surface area (Å²) in [5.74, 6) is 2.05. The van der Waals surface area contributed by atoms with Gasteiger partial charge in [-0.1, -0.05) is 12.2 Å². The number of anilines is 1. The number of rotatable bonds is 4. The predicted molar refractivity (Wildman–Crippen MR) is 78.7 cm³/mol. The van der Waals surface area contributed by atoms with E-state index in [0.717, 1.165) is 17.9 Å². The molecule has 1 aromatic rings. The Bertz CT molecular complexity index is 414. The molecular formula is C12H17N3S2. The zero-order chi connectivity index (χ0) is 12.3. The van der Waals surface area contributed by atoms with Crippen LogP contribution < -0.4 is 11.1 Å². The van der Waals surface area contributed by atoms with Gasteiger partial charge in [-0.3, -0.25) is 0 Å². The first-order chi connectivity index (χ1) is 8.11. The summed E-state index contributed by atoms with van der Waals surface area (Å²) in [7, 11) is 0. The highest BCUT2D eigenvalue weighted by Crippen LogP contribution is 2.37. The van der Waals surface area contributed by atoms with Gasteiger partial charge in [-0.05, 0) is 37.7 Å². The van der Waals surface area contributed by atoms with Gasteiger partial charge >= 0.3 is 0 Å². The van der Waals surface area contributed by atoms with Crippen LogP contribution in [0.2, 0.25) is 0 Å². The smallest absolute Gasteiger partial charge is 0.136 e. The van der Waals surface area contributed by atoms with E-state index >= 15 is 0 Å². The number of aromatic nitrogens is 1. The fourth-order valence-electron chi connectivity index (χ4n) is 1.99. The molecule has 0 aliphatic carbocycles. The summed E-state index contributed by atoms with van der Waals surface area (Å²) in [6, 6.07) is 3.76. The van der Waals surface area contributed by atoms with Gasteiger partial charge in [0.2, 0.25) is 0 Å². The van der Waals surface area contributed by atoms with Gasteiger partial charge in [0.05, 0.1) is 5.56 Å². The zero-order valence-corrected chi connectivity index (χ0v) is 11.5. The van der Waals surface area contributed by atoms with E-state index in [4.69, 9.17) is 18.0 Å². The second-order valence-electron chi connectivity index (χ2n) is 4.52. The Kier molecular flexibility index (Phi) is 3.89. The largest absolute Gasteiger partial charge is 0.389 e. The topological polar surface area (TPSA) is 50.9 Å². The Morgan fingerprint density at radius 1 is 1.71 bits per heavy atom. The Labute approximate surface area is 112 Å². The third kappa shape index (κ3) is 3.10. The lowest BCUT2D eigenvalue weighted by molar-refractivity contribution is 0.633. The number of nitrogens with one attached hydrogen (secondary N) is 1. The molecule has 0 saturated carbocycles. The summed E-state index contributed by atoms with van der Waals surface area (Å²) < 4.78 is 0.311. The van der Waals surface area contributed by atoms with Crippen molar-refractivity contribution in [2.24, 2.45) is 5.73 Å². The van der Waals surface area contributed by atoms with Crippen LogP contribution in [0.1, 0.15) is 25.3 Å². The lowest BCUT2D eigenvalue weighted by atomic mass is 10.1. The molecule has 3 nitrogen and oxygen atoms in total. The fraction of sp³-hybridized carbons (Fsp3) is 0.500. The van der Waals surface area contributed by atoms with E-state index in [-0.39, 0.29) is 0 Å². The lowest BCUT2D eigenvalue weighted by Crippen LogP contribution is -2.28. The first-order valence-corrected chi connectivity index (χ1v) is 7.13.